The number of fused-ring (bicyclic) bond motifs is 1. The molecule has 4 aromatic rings. The number of rotatable bonds is 12. The average Bonchev–Trinajstić information content (AvgIpc) is 2.91. The summed E-state index contributed by atoms with van der Waals surface area (Å²) in [6, 6.07) is 25.5. The lowest BCUT2D eigenvalue weighted by Crippen LogP contribution is -2.18. The van der Waals surface area contributed by atoms with Gasteiger partial charge in [-0.3, -0.25) is 4.79 Å². The summed E-state index contributed by atoms with van der Waals surface area (Å²) in [7, 11) is 0. The molecule has 0 saturated carbocycles. The highest BCUT2D eigenvalue weighted by Gasteiger charge is 2.22. The quantitative estimate of drug-likeness (QED) is 0.183. The monoisotopic (exact) mass is 563 g/mol. The number of benzene rings is 3. The van der Waals surface area contributed by atoms with Gasteiger partial charge in [-0.05, 0) is 73.7 Å². The van der Waals surface area contributed by atoms with Crippen molar-refractivity contribution in [3.63, 3.8) is 0 Å². The van der Waals surface area contributed by atoms with Crippen molar-refractivity contribution in [2.24, 2.45) is 5.92 Å². The van der Waals surface area contributed by atoms with E-state index in [1.54, 1.807) is 32.5 Å². The topological polar surface area (TPSA) is 79.7 Å². The van der Waals surface area contributed by atoms with Crippen molar-refractivity contribution in [3.05, 3.63) is 106 Å². The molecular weight excluding hydrogens is 530 g/mol. The van der Waals surface area contributed by atoms with E-state index in [4.69, 9.17) is 16.3 Å². The molecule has 2 atom stereocenters. The molecule has 3 aromatic carbocycles. The molecule has 5 nitrogen and oxygen atoms in total. The highest BCUT2D eigenvalue weighted by molar-refractivity contribution is 7.99. The zero-order valence-electron chi connectivity index (χ0n) is 22.4. The van der Waals surface area contributed by atoms with Gasteiger partial charge in [0.1, 0.15) is 12.4 Å². The second-order valence-electron chi connectivity index (χ2n) is 10.3. The van der Waals surface area contributed by atoms with Gasteiger partial charge in [-0.2, -0.15) is 11.8 Å². The van der Waals surface area contributed by atoms with E-state index < -0.39 is 17.5 Å². The van der Waals surface area contributed by atoms with Crippen LogP contribution in [-0.4, -0.2) is 26.9 Å². The van der Waals surface area contributed by atoms with Crippen LogP contribution in [-0.2, 0) is 23.4 Å². The molecule has 0 radical (unpaired) electrons. The number of thioether (sulfide) groups is 1. The summed E-state index contributed by atoms with van der Waals surface area (Å²) >= 11 is 7.78. The summed E-state index contributed by atoms with van der Waals surface area (Å²) in [6.07, 6.45) is 1.55. The SMILES string of the molecule is C[C@H](CS[C@H](CCc1ccccc1C(C)(C)O)c1cccc(OCc2ccc3ccc(Cl)cc3n2)c1)C(=O)O. The number of hydrogen-bond acceptors (Lipinski definition) is 5. The average molecular weight is 564 g/mol. The summed E-state index contributed by atoms with van der Waals surface area (Å²) in [6.45, 7) is 5.65. The molecule has 0 aliphatic heterocycles. The lowest BCUT2D eigenvalue weighted by atomic mass is 9.90. The molecule has 0 spiro atoms. The maximum Gasteiger partial charge on any atom is 0.307 e. The fourth-order valence-corrected chi connectivity index (χ4v) is 5.93. The van der Waals surface area contributed by atoms with Gasteiger partial charge in [0.25, 0.3) is 0 Å². The Hall–Kier alpha value is -3.06. The summed E-state index contributed by atoms with van der Waals surface area (Å²) in [5.41, 5.74) is 3.78. The van der Waals surface area contributed by atoms with Crippen molar-refractivity contribution in [1.82, 2.24) is 4.98 Å². The molecular formula is C32H34ClNO4S. The Bertz CT molecular complexity index is 1440. The van der Waals surface area contributed by atoms with Gasteiger partial charge in [-0.1, -0.05) is 67.1 Å². The molecule has 0 saturated heterocycles. The first-order valence-corrected chi connectivity index (χ1v) is 14.5. The minimum atomic E-state index is -0.938. The number of halogens is 1. The van der Waals surface area contributed by atoms with Crippen LogP contribution in [0.5, 0.6) is 5.75 Å². The minimum Gasteiger partial charge on any atom is -0.487 e. The third kappa shape index (κ3) is 7.98. The van der Waals surface area contributed by atoms with Gasteiger partial charge in [-0.15, -0.1) is 0 Å². The number of aryl methyl sites for hydroxylation is 1. The van der Waals surface area contributed by atoms with Crippen molar-refractivity contribution >= 4 is 40.2 Å². The summed E-state index contributed by atoms with van der Waals surface area (Å²) in [4.78, 5) is 16.2. The molecule has 0 amide bonds. The molecule has 0 unspecified atom stereocenters. The van der Waals surface area contributed by atoms with Crippen LogP contribution < -0.4 is 4.74 Å². The van der Waals surface area contributed by atoms with E-state index in [0.29, 0.717) is 17.4 Å². The number of carbonyl (C=O) groups is 1. The van der Waals surface area contributed by atoms with E-state index in [1.807, 2.05) is 66.7 Å². The number of pyridine rings is 1. The number of ether oxygens (including phenoxy) is 1. The molecule has 1 heterocycles. The van der Waals surface area contributed by atoms with Gasteiger partial charge in [0.05, 0.1) is 22.7 Å². The lowest BCUT2D eigenvalue weighted by Gasteiger charge is -2.24. The lowest BCUT2D eigenvalue weighted by molar-refractivity contribution is -0.140. The van der Waals surface area contributed by atoms with Crippen LogP contribution in [0.15, 0.2) is 78.9 Å². The zero-order chi connectivity index (χ0) is 28.0. The van der Waals surface area contributed by atoms with Crippen molar-refractivity contribution in [3.8, 4) is 5.75 Å². The second-order valence-corrected chi connectivity index (χ2v) is 12.0. The van der Waals surface area contributed by atoms with Gasteiger partial charge in [0, 0.05) is 21.4 Å². The fraction of sp³-hybridized carbons (Fsp3) is 0.312. The van der Waals surface area contributed by atoms with E-state index in [1.165, 1.54) is 0 Å². The van der Waals surface area contributed by atoms with Crippen LogP contribution in [0, 0.1) is 5.92 Å². The van der Waals surface area contributed by atoms with E-state index in [-0.39, 0.29) is 5.25 Å². The standard InChI is InChI=1S/C32H34ClNO4S/c1-21(31(35)36)20-39-30(16-13-22-7-4-5-10-28(22)32(2,3)37)24-8-6-9-27(17-24)38-19-26-15-12-23-11-14-25(33)18-29(23)34-26/h4-12,14-15,17-18,21,30,37H,13,16,19-20H2,1-3H3,(H,35,36)/t21-,30-/m1/s1. The van der Waals surface area contributed by atoms with Crippen LogP contribution in [0.4, 0.5) is 0 Å². The maximum atomic E-state index is 11.5. The van der Waals surface area contributed by atoms with Crippen molar-refractivity contribution in [2.45, 2.75) is 51.1 Å². The first-order valence-electron chi connectivity index (χ1n) is 13.0. The minimum absolute atomic E-state index is 0.0612. The Morgan fingerprint density at radius 3 is 2.59 bits per heavy atom. The highest BCUT2D eigenvalue weighted by Crippen LogP contribution is 2.37. The Labute approximate surface area is 239 Å². The van der Waals surface area contributed by atoms with Gasteiger partial charge in [-0.25, -0.2) is 4.98 Å². The van der Waals surface area contributed by atoms with E-state index >= 15 is 0 Å². The highest BCUT2D eigenvalue weighted by atomic mass is 35.5. The van der Waals surface area contributed by atoms with Crippen LogP contribution in [0.1, 0.15) is 54.8 Å². The van der Waals surface area contributed by atoms with Crippen LogP contribution >= 0.6 is 23.4 Å². The summed E-state index contributed by atoms with van der Waals surface area (Å²) in [5, 5.41) is 21.8. The molecule has 204 valence electrons. The second kappa shape index (κ2) is 12.9. The molecule has 0 aliphatic rings. The summed E-state index contributed by atoms with van der Waals surface area (Å²) in [5.74, 6) is -0.0147. The molecule has 4 rings (SSSR count). The number of aliphatic carboxylic acids is 1. The first kappa shape index (κ1) is 28.9. The number of hydrogen-bond donors (Lipinski definition) is 2. The molecule has 39 heavy (non-hydrogen) atoms. The van der Waals surface area contributed by atoms with Crippen LogP contribution in [0.3, 0.4) is 0 Å². The van der Waals surface area contributed by atoms with Crippen molar-refractivity contribution < 1.29 is 19.7 Å². The number of aliphatic hydroxyl groups is 1. The van der Waals surface area contributed by atoms with E-state index in [9.17, 15) is 15.0 Å². The smallest absolute Gasteiger partial charge is 0.307 e. The van der Waals surface area contributed by atoms with Gasteiger partial charge in [0.15, 0.2) is 0 Å². The molecule has 7 heteroatoms. The number of carboxylic acids is 1. The predicted molar refractivity (Wildman–Crippen MR) is 160 cm³/mol. The molecule has 0 aliphatic carbocycles. The predicted octanol–water partition coefficient (Wildman–Crippen LogP) is 7.82. The van der Waals surface area contributed by atoms with Gasteiger partial charge in [0.2, 0.25) is 0 Å². The Balaban J connectivity index is 1.51. The van der Waals surface area contributed by atoms with Gasteiger partial charge < -0.3 is 14.9 Å². The largest absolute Gasteiger partial charge is 0.487 e. The van der Waals surface area contributed by atoms with Gasteiger partial charge >= 0.3 is 5.97 Å². The van der Waals surface area contributed by atoms with Crippen molar-refractivity contribution in [1.29, 1.82) is 0 Å². The number of aromatic nitrogens is 1. The fourth-order valence-electron chi connectivity index (χ4n) is 4.47. The molecule has 0 bridgehead atoms. The molecule has 0 fully saturated rings. The van der Waals surface area contributed by atoms with Crippen molar-refractivity contribution in [2.75, 3.05) is 5.75 Å². The van der Waals surface area contributed by atoms with Crippen LogP contribution in [0.2, 0.25) is 5.02 Å². The third-order valence-electron chi connectivity index (χ3n) is 6.65. The Kier molecular flexibility index (Phi) is 9.54. The normalized spacial score (nSPS) is 13.3. The summed E-state index contributed by atoms with van der Waals surface area (Å²) < 4.78 is 6.12. The zero-order valence-corrected chi connectivity index (χ0v) is 24.0. The molecule has 1 aromatic heterocycles. The first-order chi connectivity index (χ1) is 18.6. The van der Waals surface area contributed by atoms with E-state index in [0.717, 1.165) is 51.9 Å². The number of carboxylic acid groups (broad SMARTS) is 1. The Morgan fingerprint density at radius 1 is 1.05 bits per heavy atom. The van der Waals surface area contributed by atoms with Crippen LogP contribution in [0.25, 0.3) is 10.9 Å². The molecule has 2 N–H and O–H groups in total. The van der Waals surface area contributed by atoms with E-state index in [2.05, 4.69) is 17.1 Å². The Morgan fingerprint density at radius 2 is 1.82 bits per heavy atom. The number of nitrogens with zero attached hydrogens (tertiary/aromatic N) is 1. The maximum absolute atomic E-state index is 11.5. The third-order valence-corrected chi connectivity index (χ3v) is 8.49.